The molecule has 0 radical (unpaired) electrons. The molecule has 2 spiro atoms. The van der Waals surface area contributed by atoms with Crippen LogP contribution in [0.3, 0.4) is 0 Å². The van der Waals surface area contributed by atoms with Gasteiger partial charge in [0.05, 0.1) is 13.2 Å². The van der Waals surface area contributed by atoms with Gasteiger partial charge in [0.1, 0.15) is 0 Å². The molecule has 1 N–H and O–H groups in total. The SMILES string of the molecule is c1ccc2c(c1)NC[C@]21CCN2CCC3(C[C@H]21)OCCO3. The highest BCUT2D eigenvalue weighted by Crippen LogP contribution is 2.52. The molecule has 0 bridgehead atoms. The van der Waals surface area contributed by atoms with E-state index in [1.807, 2.05) is 0 Å². The van der Waals surface area contributed by atoms with E-state index < -0.39 is 0 Å². The number of para-hydroxylation sites is 1. The van der Waals surface area contributed by atoms with Gasteiger partial charge >= 0.3 is 0 Å². The second kappa shape index (κ2) is 4.22. The highest BCUT2D eigenvalue weighted by molar-refractivity contribution is 5.61. The number of hydrogen-bond donors (Lipinski definition) is 1. The van der Waals surface area contributed by atoms with Crippen molar-refractivity contribution < 1.29 is 9.47 Å². The first-order valence-electron chi connectivity index (χ1n) is 8.17. The van der Waals surface area contributed by atoms with Crippen LogP contribution in [-0.4, -0.2) is 49.6 Å². The molecule has 0 amide bonds. The van der Waals surface area contributed by atoms with E-state index >= 15 is 0 Å². The van der Waals surface area contributed by atoms with Crippen molar-refractivity contribution in [1.29, 1.82) is 0 Å². The van der Waals surface area contributed by atoms with Crippen LogP contribution in [0, 0.1) is 0 Å². The Hall–Kier alpha value is -1.10. The van der Waals surface area contributed by atoms with Crippen molar-refractivity contribution in [1.82, 2.24) is 4.90 Å². The lowest BCUT2D eigenvalue weighted by Gasteiger charge is -2.45. The second-order valence-electron chi connectivity index (χ2n) is 6.92. The van der Waals surface area contributed by atoms with Crippen LogP contribution in [0.25, 0.3) is 0 Å². The average Bonchev–Trinajstić information content (AvgIpc) is 3.21. The minimum atomic E-state index is -0.296. The average molecular weight is 286 g/mol. The van der Waals surface area contributed by atoms with Crippen LogP contribution in [0.2, 0.25) is 0 Å². The standard InChI is InChI=1S/C17H22N2O2/c1-2-4-14-13(3-1)16(12-18-14)5-7-19-8-6-17(11-15(16)19)20-9-10-21-17/h1-4,15,18H,5-12H2/t15-,16+/m0/s1. The Bertz CT molecular complexity index is 570. The van der Waals surface area contributed by atoms with Crippen molar-refractivity contribution in [2.24, 2.45) is 0 Å². The van der Waals surface area contributed by atoms with Crippen LogP contribution >= 0.6 is 0 Å². The predicted molar refractivity (Wildman–Crippen MR) is 80.5 cm³/mol. The van der Waals surface area contributed by atoms with Gasteiger partial charge in [0, 0.05) is 43.1 Å². The number of ether oxygens (including phenoxy) is 2. The van der Waals surface area contributed by atoms with E-state index in [0.29, 0.717) is 6.04 Å². The molecule has 21 heavy (non-hydrogen) atoms. The summed E-state index contributed by atoms with van der Waals surface area (Å²) < 4.78 is 12.0. The van der Waals surface area contributed by atoms with E-state index in [4.69, 9.17) is 9.47 Å². The van der Waals surface area contributed by atoms with E-state index in [1.165, 1.54) is 24.2 Å². The van der Waals surface area contributed by atoms with E-state index in [-0.39, 0.29) is 11.2 Å². The summed E-state index contributed by atoms with van der Waals surface area (Å²) in [6.07, 6.45) is 3.29. The van der Waals surface area contributed by atoms with Gasteiger partial charge in [-0.15, -0.1) is 0 Å². The Morgan fingerprint density at radius 3 is 2.81 bits per heavy atom. The summed E-state index contributed by atoms with van der Waals surface area (Å²) in [5, 5.41) is 3.64. The van der Waals surface area contributed by atoms with Gasteiger partial charge in [-0.1, -0.05) is 18.2 Å². The summed E-state index contributed by atoms with van der Waals surface area (Å²) in [5.74, 6) is -0.296. The molecule has 4 nitrogen and oxygen atoms in total. The summed E-state index contributed by atoms with van der Waals surface area (Å²) in [6.45, 7) is 4.89. The lowest BCUT2D eigenvalue weighted by Crippen LogP contribution is -2.54. The highest BCUT2D eigenvalue weighted by atomic mass is 16.7. The Labute approximate surface area is 125 Å². The number of anilines is 1. The van der Waals surface area contributed by atoms with E-state index in [2.05, 4.69) is 34.5 Å². The van der Waals surface area contributed by atoms with Gasteiger partial charge in [-0.05, 0) is 24.6 Å². The number of fused-ring (bicyclic) bond motifs is 4. The van der Waals surface area contributed by atoms with Crippen molar-refractivity contribution in [2.75, 3.05) is 38.2 Å². The van der Waals surface area contributed by atoms with Crippen LogP contribution < -0.4 is 5.32 Å². The Balaban J connectivity index is 1.54. The fourth-order valence-corrected chi connectivity index (χ4v) is 5.02. The van der Waals surface area contributed by atoms with Crippen LogP contribution in [0.15, 0.2) is 24.3 Å². The molecule has 0 saturated carbocycles. The first-order valence-corrected chi connectivity index (χ1v) is 8.17. The molecule has 0 unspecified atom stereocenters. The predicted octanol–water partition coefficient (Wildman–Crippen LogP) is 1.96. The zero-order valence-electron chi connectivity index (χ0n) is 12.3. The summed E-state index contributed by atoms with van der Waals surface area (Å²) in [6, 6.07) is 9.38. The van der Waals surface area contributed by atoms with Gasteiger partial charge in [0.25, 0.3) is 0 Å². The molecule has 5 rings (SSSR count). The molecule has 4 heterocycles. The molecule has 4 aliphatic heterocycles. The molecule has 1 aromatic carbocycles. The molecule has 3 fully saturated rings. The molecule has 0 aromatic heterocycles. The maximum atomic E-state index is 6.01. The first-order chi connectivity index (χ1) is 10.3. The zero-order chi connectivity index (χ0) is 13.9. The van der Waals surface area contributed by atoms with E-state index in [0.717, 1.165) is 39.1 Å². The van der Waals surface area contributed by atoms with Crippen molar-refractivity contribution in [2.45, 2.75) is 36.5 Å². The zero-order valence-corrected chi connectivity index (χ0v) is 12.3. The van der Waals surface area contributed by atoms with Crippen LogP contribution in [0.5, 0.6) is 0 Å². The minimum Gasteiger partial charge on any atom is -0.384 e. The number of nitrogens with one attached hydrogen (secondary N) is 1. The van der Waals surface area contributed by atoms with Crippen LogP contribution in [-0.2, 0) is 14.9 Å². The van der Waals surface area contributed by atoms with Crippen molar-refractivity contribution in [3.8, 4) is 0 Å². The fourth-order valence-electron chi connectivity index (χ4n) is 5.02. The summed E-state index contributed by atoms with van der Waals surface area (Å²) in [7, 11) is 0. The fraction of sp³-hybridized carbons (Fsp3) is 0.647. The van der Waals surface area contributed by atoms with E-state index in [9.17, 15) is 0 Å². The normalized spacial score (nSPS) is 36.9. The van der Waals surface area contributed by atoms with Gasteiger partial charge < -0.3 is 14.8 Å². The molecule has 0 aliphatic carbocycles. The third-order valence-corrected chi connectivity index (χ3v) is 6.08. The summed E-state index contributed by atoms with van der Waals surface area (Å²) >= 11 is 0. The molecule has 3 saturated heterocycles. The maximum Gasteiger partial charge on any atom is 0.171 e. The van der Waals surface area contributed by atoms with Crippen LogP contribution in [0.1, 0.15) is 24.8 Å². The second-order valence-corrected chi connectivity index (χ2v) is 6.92. The molecule has 112 valence electrons. The molecule has 4 aliphatic rings. The van der Waals surface area contributed by atoms with Gasteiger partial charge in [0.2, 0.25) is 0 Å². The molecular formula is C17H22N2O2. The van der Waals surface area contributed by atoms with Crippen molar-refractivity contribution in [3.63, 3.8) is 0 Å². The van der Waals surface area contributed by atoms with E-state index in [1.54, 1.807) is 0 Å². The molecule has 2 atom stereocenters. The molecule has 4 heteroatoms. The van der Waals surface area contributed by atoms with Crippen molar-refractivity contribution >= 4 is 5.69 Å². The van der Waals surface area contributed by atoms with Gasteiger partial charge in [0.15, 0.2) is 5.79 Å². The highest BCUT2D eigenvalue weighted by Gasteiger charge is 2.57. The first kappa shape index (κ1) is 12.4. The maximum absolute atomic E-state index is 6.01. The number of rotatable bonds is 0. The molecule has 1 aromatic rings. The lowest BCUT2D eigenvalue weighted by molar-refractivity contribution is -0.196. The Morgan fingerprint density at radius 1 is 1.10 bits per heavy atom. The van der Waals surface area contributed by atoms with Crippen LogP contribution in [0.4, 0.5) is 5.69 Å². The smallest absolute Gasteiger partial charge is 0.171 e. The Morgan fingerprint density at radius 2 is 1.90 bits per heavy atom. The van der Waals surface area contributed by atoms with Gasteiger partial charge in [-0.2, -0.15) is 0 Å². The number of benzene rings is 1. The number of hydrogen-bond acceptors (Lipinski definition) is 4. The topological polar surface area (TPSA) is 33.7 Å². The number of piperidine rings is 1. The monoisotopic (exact) mass is 286 g/mol. The summed E-state index contributed by atoms with van der Waals surface area (Å²) in [4.78, 5) is 2.67. The van der Waals surface area contributed by atoms with Gasteiger partial charge in [-0.3, -0.25) is 4.90 Å². The Kier molecular flexibility index (Phi) is 2.50. The summed E-state index contributed by atoms with van der Waals surface area (Å²) in [5.41, 5.74) is 3.08. The van der Waals surface area contributed by atoms with Gasteiger partial charge in [-0.25, -0.2) is 0 Å². The third-order valence-electron chi connectivity index (χ3n) is 6.08. The molecular weight excluding hydrogens is 264 g/mol. The quantitative estimate of drug-likeness (QED) is 0.790. The number of nitrogens with zero attached hydrogens (tertiary/aromatic N) is 1. The lowest BCUT2D eigenvalue weighted by atomic mass is 9.72. The van der Waals surface area contributed by atoms with Crippen molar-refractivity contribution in [3.05, 3.63) is 29.8 Å². The third kappa shape index (κ3) is 1.61. The largest absolute Gasteiger partial charge is 0.384 e. The minimum absolute atomic E-state index is 0.249.